The van der Waals surface area contributed by atoms with Gasteiger partial charge in [0.2, 0.25) is 5.43 Å². The average Bonchev–Trinajstić information content (AvgIpc) is 2.31. The molecule has 0 saturated carbocycles. The Bertz CT molecular complexity index is 676. The van der Waals surface area contributed by atoms with Gasteiger partial charge in [-0.15, -0.1) is 0 Å². The maximum Gasteiger partial charge on any atom is 0.345 e. The fourth-order valence-electron chi connectivity index (χ4n) is 1.76. The Hall–Kier alpha value is -1.81. The fourth-order valence-corrected chi connectivity index (χ4v) is 2.02. The van der Waals surface area contributed by atoms with Gasteiger partial charge in [-0.2, -0.15) is 0 Å². The molecule has 0 aliphatic carbocycles. The van der Waals surface area contributed by atoms with Crippen LogP contribution >= 0.6 is 11.6 Å². The highest BCUT2D eigenvalue weighted by Crippen LogP contribution is 2.17. The molecule has 1 N–H and O–H groups in total. The number of carbonyl (C=O) groups excluding carboxylic acids is 1. The van der Waals surface area contributed by atoms with Crippen LogP contribution in [0.2, 0.25) is 5.15 Å². The lowest BCUT2D eigenvalue weighted by Crippen LogP contribution is -2.19. The van der Waals surface area contributed by atoms with E-state index in [4.69, 9.17) is 16.3 Å². The lowest BCUT2D eigenvalue weighted by molar-refractivity contribution is 0.0525. The van der Waals surface area contributed by atoms with Gasteiger partial charge in [0.05, 0.1) is 12.1 Å². The number of esters is 1. The number of ether oxygens (including phenoxy) is 1. The molecule has 1 aromatic carbocycles. The molecule has 0 saturated heterocycles. The summed E-state index contributed by atoms with van der Waals surface area (Å²) in [7, 11) is 0. The molecular weight excluding hydrogens is 254 g/mol. The number of hydrogen-bond acceptors (Lipinski definition) is 3. The van der Waals surface area contributed by atoms with Crippen molar-refractivity contribution in [2.45, 2.75) is 13.8 Å². The van der Waals surface area contributed by atoms with Gasteiger partial charge in [-0.3, -0.25) is 4.79 Å². The van der Waals surface area contributed by atoms with Crippen molar-refractivity contribution in [2.24, 2.45) is 0 Å². The van der Waals surface area contributed by atoms with Crippen LogP contribution < -0.4 is 5.43 Å². The summed E-state index contributed by atoms with van der Waals surface area (Å²) in [5, 5.41) is 0.442. The predicted octanol–water partition coefficient (Wildman–Crippen LogP) is 2.67. The Morgan fingerprint density at radius 1 is 1.44 bits per heavy atom. The number of halogens is 1. The Morgan fingerprint density at radius 2 is 2.17 bits per heavy atom. The van der Waals surface area contributed by atoms with Gasteiger partial charge in [0.1, 0.15) is 10.7 Å². The highest BCUT2D eigenvalue weighted by atomic mass is 35.5. The molecule has 0 atom stereocenters. The second-order valence-electron chi connectivity index (χ2n) is 3.91. The van der Waals surface area contributed by atoms with E-state index in [2.05, 4.69) is 4.98 Å². The quantitative estimate of drug-likeness (QED) is 0.671. The van der Waals surface area contributed by atoms with Crippen molar-refractivity contribution in [1.82, 2.24) is 4.98 Å². The second kappa shape index (κ2) is 4.82. The van der Waals surface area contributed by atoms with E-state index in [1.54, 1.807) is 19.1 Å². The summed E-state index contributed by atoms with van der Waals surface area (Å²) < 4.78 is 4.83. The van der Waals surface area contributed by atoms with Crippen LogP contribution in [0.1, 0.15) is 22.8 Å². The molecule has 1 heterocycles. The summed E-state index contributed by atoms with van der Waals surface area (Å²) in [6, 6.07) is 5.33. The van der Waals surface area contributed by atoms with E-state index < -0.39 is 11.4 Å². The summed E-state index contributed by atoms with van der Waals surface area (Å²) in [5.74, 6) is -0.702. The first kappa shape index (κ1) is 12.6. The normalized spacial score (nSPS) is 10.6. The van der Waals surface area contributed by atoms with E-state index in [1.807, 2.05) is 13.0 Å². The van der Waals surface area contributed by atoms with Gasteiger partial charge in [-0.1, -0.05) is 23.2 Å². The van der Waals surface area contributed by atoms with Gasteiger partial charge < -0.3 is 9.72 Å². The maximum atomic E-state index is 12.2. The standard InChI is InChI=1S/C13H12ClNO3/c1-3-18-13(17)10-11(16)8-6-7(2)4-5-9(8)15-12(10)14/h4-6H,3H2,1-2H3,(H,15,16). The Labute approximate surface area is 109 Å². The summed E-state index contributed by atoms with van der Waals surface area (Å²) in [6.45, 7) is 3.74. The monoisotopic (exact) mass is 265 g/mol. The van der Waals surface area contributed by atoms with Gasteiger partial charge in [-0.05, 0) is 26.0 Å². The molecule has 5 heteroatoms. The number of benzene rings is 1. The molecule has 0 amide bonds. The zero-order valence-corrected chi connectivity index (χ0v) is 10.8. The van der Waals surface area contributed by atoms with Gasteiger partial charge in [-0.25, -0.2) is 4.79 Å². The van der Waals surface area contributed by atoms with Crippen molar-refractivity contribution in [1.29, 1.82) is 0 Å². The van der Waals surface area contributed by atoms with Crippen LogP contribution in [0.25, 0.3) is 10.9 Å². The molecule has 0 spiro atoms. The molecule has 0 aliphatic heterocycles. The van der Waals surface area contributed by atoms with E-state index in [9.17, 15) is 9.59 Å². The number of aryl methyl sites for hydroxylation is 1. The maximum absolute atomic E-state index is 12.2. The number of pyridine rings is 1. The number of aromatic nitrogens is 1. The number of carbonyl (C=O) groups is 1. The van der Waals surface area contributed by atoms with Crippen molar-refractivity contribution >= 4 is 28.5 Å². The molecule has 0 fully saturated rings. The minimum Gasteiger partial charge on any atom is -0.462 e. The molecule has 1 aromatic heterocycles. The van der Waals surface area contributed by atoms with Crippen LogP contribution in [0.5, 0.6) is 0 Å². The fraction of sp³-hybridized carbons (Fsp3) is 0.231. The summed E-state index contributed by atoms with van der Waals surface area (Å²) in [4.78, 5) is 26.7. The summed E-state index contributed by atoms with van der Waals surface area (Å²) in [5.41, 5.74) is 0.987. The minimum atomic E-state index is -0.702. The molecule has 2 rings (SSSR count). The summed E-state index contributed by atoms with van der Waals surface area (Å²) in [6.07, 6.45) is 0. The number of H-pyrrole nitrogens is 1. The van der Waals surface area contributed by atoms with Crippen molar-refractivity contribution in [2.75, 3.05) is 6.61 Å². The zero-order chi connectivity index (χ0) is 13.3. The number of fused-ring (bicyclic) bond motifs is 1. The van der Waals surface area contributed by atoms with E-state index in [1.165, 1.54) is 0 Å². The van der Waals surface area contributed by atoms with Crippen LogP contribution in [-0.4, -0.2) is 17.6 Å². The molecule has 18 heavy (non-hydrogen) atoms. The number of hydrogen-bond donors (Lipinski definition) is 1. The van der Waals surface area contributed by atoms with Crippen LogP contribution in [0.4, 0.5) is 0 Å². The third kappa shape index (κ3) is 2.11. The Kier molecular flexibility index (Phi) is 3.39. The number of rotatable bonds is 2. The van der Waals surface area contributed by atoms with Crippen LogP contribution in [0, 0.1) is 6.92 Å². The van der Waals surface area contributed by atoms with E-state index in [0.29, 0.717) is 10.9 Å². The molecule has 2 aromatic rings. The molecule has 0 unspecified atom stereocenters. The Morgan fingerprint density at radius 3 is 2.83 bits per heavy atom. The summed E-state index contributed by atoms with van der Waals surface area (Å²) >= 11 is 5.92. The van der Waals surface area contributed by atoms with Gasteiger partial charge >= 0.3 is 5.97 Å². The molecule has 4 nitrogen and oxygen atoms in total. The van der Waals surface area contributed by atoms with E-state index in [0.717, 1.165) is 5.56 Å². The lowest BCUT2D eigenvalue weighted by Gasteiger charge is -2.06. The smallest absolute Gasteiger partial charge is 0.345 e. The van der Waals surface area contributed by atoms with Gasteiger partial charge in [0, 0.05) is 5.39 Å². The third-order valence-electron chi connectivity index (χ3n) is 2.59. The first-order valence-corrected chi connectivity index (χ1v) is 5.91. The first-order chi connectivity index (χ1) is 8.54. The predicted molar refractivity (Wildman–Crippen MR) is 70.3 cm³/mol. The highest BCUT2D eigenvalue weighted by molar-refractivity contribution is 6.32. The molecule has 0 aliphatic rings. The van der Waals surface area contributed by atoms with Crippen LogP contribution in [0.15, 0.2) is 23.0 Å². The third-order valence-corrected chi connectivity index (χ3v) is 2.87. The van der Waals surface area contributed by atoms with Crippen molar-refractivity contribution in [3.63, 3.8) is 0 Å². The van der Waals surface area contributed by atoms with Crippen molar-refractivity contribution in [3.8, 4) is 0 Å². The highest BCUT2D eigenvalue weighted by Gasteiger charge is 2.18. The molecule has 94 valence electrons. The van der Waals surface area contributed by atoms with Crippen LogP contribution in [0.3, 0.4) is 0 Å². The zero-order valence-electron chi connectivity index (χ0n) is 10.0. The van der Waals surface area contributed by atoms with Crippen LogP contribution in [-0.2, 0) is 4.74 Å². The van der Waals surface area contributed by atoms with Gasteiger partial charge in [0.25, 0.3) is 0 Å². The topological polar surface area (TPSA) is 59.2 Å². The van der Waals surface area contributed by atoms with Crippen molar-refractivity contribution < 1.29 is 9.53 Å². The van der Waals surface area contributed by atoms with Crippen molar-refractivity contribution in [3.05, 3.63) is 44.7 Å². The SMILES string of the molecule is CCOC(=O)c1c(Cl)[nH]c2ccc(C)cc2c1=O. The molecule has 0 radical (unpaired) electrons. The molecule has 0 bridgehead atoms. The Balaban J connectivity index is 2.75. The number of aromatic amines is 1. The van der Waals surface area contributed by atoms with Gasteiger partial charge in [0.15, 0.2) is 0 Å². The first-order valence-electron chi connectivity index (χ1n) is 5.54. The minimum absolute atomic E-state index is 0.00908. The molecular formula is C13H12ClNO3. The number of nitrogens with one attached hydrogen (secondary N) is 1. The lowest BCUT2D eigenvalue weighted by atomic mass is 10.1. The average molecular weight is 266 g/mol. The van der Waals surface area contributed by atoms with E-state index in [-0.39, 0.29) is 17.3 Å². The second-order valence-corrected chi connectivity index (χ2v) is 4.29. The van der Waals surface area contributed by atoms with E-state index >= 15 is 0 Å². The largest absolute Gasteiger partial charge is 0.462 e.